The minimum atomic E-state index is -0.0393. The highest BCUT2D eigenvalue weighted by molar-refractivity contribution is 5.27. The van der Waals surface area contributed by atoms with Crippen LogP contribution in [0.1, 0.15) is 77.7 Å². The van der Waals surface area contributed by atoms with Crippen LogP contribution in [0.15, 0.2) is 24.3 Å². The van der Waals surface area contributed by atoms with Crippen molar-refractivity contribution in [1.82, 2.24) is 0 Å². The van der Waals surface area contributed by atoms with Crippen LogP contribution in [-0.2, 0) is 6.42 Å². The van der Waals surface area contributed by atoms with Crippen LogP contribution in [-0.4, -0.2) is 12.1 Å². The van der Waals surface area contributed by atoms with Crippen molar-refractivity contribution in [2.24, 2.45) is 5.73 Å². The first kappa shape index (κ1) is 19.0. The molecule has 0 saturated carbocycles. The highest BCUT2D eigenvalue weighted by Crippen LogP contribution is 2.19. The number of unbranched alkanes of at least 4 members (excludes halogenated alkanes) is 4. The monoisotopic (exact) mass is 305 g/mol. The van der Waals surface area contributed by atoms with Gasteiger partial charge in [0.15, 0.2) is 0 Å². The molecule has 0 aromatic heterocycles. The molecule has 22 heavy (non-hydrogen) atoms. The second-order valence-corrected chi connectivity index (χ2v) is 6.81. The molecule has 0 unspecified atom stereocenters. The predicted molar refractivity (Wildman–Crippen MR) is 96.5 cm³/mol. The van der Waals surface area contributed by atoms with Gasteiger partial charge in [0.05, 0.1) is 6.61 Å². The van der Waals surface area contributed by atoms with E-state index in [-0.39, 0.29) is 5.54 Å². The van der Waals surface area contributed by atoms with Gasteiger partial charge in [0.25, 0.3) is 0 Å². The molecule has 1 rings (SSSR count). The van der Waals surface area contributed by atoms with Gasteiger partial charge in [-0.05, 0) is 50.3 Å². The number of nitrogens with two attached hydrogens (primary N) is 1. The van der Waals surface area contributed by atoms with E-state index in [1.807, 2.05) is 0 Å². The van der Waals surface area contributed by atoms with E-state index >= 15 is 0 Å². The minimum Gasteiger partial charge on any atom is -0.494 e. The average Bonchev–Trinajstić information content (AvgIpc) is 2.50. The molecule has 1 atom stereocenters. The first-order chi connectivity index (χ1) is 10.6. The number of hydrogen-bond donors (Lipinski definition) is 1. The molecule has 0 fully saturated rings. The first-order valence-corrected chi connectivity index (χ1v) is 9.08. The molecule has 0 amide bonds. The van der Waals surface area contributed by atoms with E-state index in [0.29, 0.717) is 0 Å². The first-order valence-electron chi connectivity index (χ1n) is 9.08. The summed E-state index contributed by atoms with van der Waals surface area (Å²) in [6.07, 6.45) is 10.7. The van der Waals surface area contributed by atoms with Gasteiger partial charge in [0.2, 0.25) is 0 Å². The Morgan fingerprint density at radius 3 is 2.23 bits per heavy atom. The fourth-order valence-electron chi connectivity index (χ4n) is 2.77. The largest absolute Gasteiger partial charge is 0.494 e. The van der Waals surface area contributed by atoms with Gasteiger partial charge in [-0.15, -0.1) is 0 Å². The van der Waals surface area contributed by atoms with Crippen molar-refractivity contribution >= 4 is 0 Å². The van der Waals surface area contributed by atoms with E-state index in [1.165, 1.54) is 31.2 Å². The summed E-state index contributed by atoms with van der Waals surface area (Å²) in [6, 6.07) is 8.53. The van der Waals surface area contributed by atoms with Crippen molar-refractivity contribution < 1.29 is 4.74 Å². The number of aryl methyl sites for hydroxylation is 1. The Morgan fingerprint density at radius 2 is 1.59 bits per heavy atom. The van der Waals surface area contributed by atoms with Gasteiger partial charge in [0.1, 0.15) is 5.75 Å². The number of rotatable bonds is 12. The van der Waals surface area contributed by atoms with Gasteiger partial charge in [-0.1, -0.05) is 58.1 Å². The van der Waals surface area contributed by atoms with E-state index in [2.05, 4.69) is 45.0 Å². The quantitative estimate of drug-likeness (QED) is 0.518. The Balaban J connectivity index is 2.25. The maximum absolute atomic E-state index is 6.30. The highest BCUT2D eigenvalue weighted by Gasteiger charge is 2.16. The third-order valence-corrected chi connectivity index (χ3v) is 4.25. The van der Waals surface area contributed by atoms with E-state index < -0.39 is 0 Å². The molecule has 2 N–H and O–H groups in total. The van der Waals surface area contributed by atoms with Gasteiger partial charge in [-0.25, -0.2) is 0 Å². The van der Waals surface area contributed by atoms with Gasteiger partial charge in [-0.2, -0.15) is 0 Å². The average molecular weight is 306 g/mol. The van der Waals surface area contributed by atoms with Crippen LogP contribution in [0.25, 0.3) is 0 Å². The molecule has 0 heterocycles. The summed E-state index contributed by atoms with van der Waals surface area (Å²) in [5.74, 6) is 0.989. The smallest absolute Gasteiger partial charge is 0.119 e. The van der Waals surface area contributed by atoms with Crippen molar-refractivity contribution in [1.29, 1.82) is 0 Å². The molecular weight excluding hydrogens is 270 g/mol. The third-order valence-electron chi connectivity index (χ3n) is 4.25. The molecule has 2 heteroatoms. The topological polar surface area (TPSA) is 35.2 Å². The zero-order valence-electron chi connectivity index (χ0n) is 14.9. The predicted octanol–water partition coefficient (Wildman–Crippen LogP) is 5.49. The van der Waals surface area contributed by atoms with E-state index in [1.54, 1.807) is 0 Å². The van der Waals surface area contributed by atoms with E-state index in [9.17, 15) is 0 Å². The molecule has 0 aliphatic rings. The van der Waals surface area contributed by atoms with Crippen molar-refractivity contribution in [2.45, 2.75) is 84.1 Å². The van der Waals surface area contributed by atoms with Gasteiger partial charge in [-0.3, -0.25) is 0 Å². The van der Waals surface area contributed by atoms with Crippen LogP contribution >= 0.6 is 0 Å². The molecule has 0 aliphatic heterocycles. The Labute approximate surface area is 137 Å². The number of benzene rings is 1. The van der Waals surface area contributed by atoms with Crippen molar-refractivity contribution in [2.75, 3.05) is 6.61 Å². The second kappa shape index (κ2) is 10.7. The SMILES string of the molecule is CCCCCCCOc1ccc(CC[C@@](C)(N)CCC)cc1. The molecule has 1 aromatic rings. The Morgan fingerprint density at radius 1 is 0.909 bits per heavy atom. The lowest BCUT2D eigenvalue weighted by atomic mass is 9.90. The molecule has 126 valence electrons. The highest BCUT2D eigenvalue weighted by atomic mass is 16.5. The molecule has 0 spiro atoms. The lowest BCUT2D eigenvalue weighted by Crippen LogP contribution is -2.36. The zero-order chi connectivity index (χ0) is 16.3. The van der Waals surface area contributed by atoms with Gasteiger partial charge >= 0.3 is 0 Å². The lowest BCUT2D eigenvalue weighted by Gasteiger charge is -2.23. The van der Waals surface area contributed by atoms with Gasteiger partial charge < -0.3 is 10.5 Å². The molecule has 0 radical (unpaired) electrons. The summed E-state index contributed by atoms with van der Waals surface area (Å²) in [5, 5.41) is 0. The summed E-state index contributed by atoms with van der Waals surface area (Å²) in [6.45, 7) is 7.43. The molecule has 1 aromatic carbocycles. The number of hydrogen-bond acceptors (Lipinski definition) is 2. The fourth-order valence-corrected chi connectivity index (χ4v) is 2.77. The summed E-state index contributed by atoms with van der Waals surface area (Å²) < 4.78 is 5.80. The maximum Gasteiger partial charge on any atom is 0.119 e. The van der Waals surface area contributed by atoms with Crippen LogP contribution in [0.3, 0.4) is 0 Å². The van der Waals surface area contributed by atoms with Crippen LogP contribution in [0.2, 0.25) is 0 Å². The summed E-state index contributed by atoms with van der Waals surface area (Å²) in [5.41, 5.74) is 7.61. The second-order valence-electron chi connectivity index (χ2n) is 6.81. The summed E-state index contributed by atoms with van der Waals surface area (Å²) in [4.78, 5) is 0. The Hall–Kier alpha value is -1.02. The maximum atomic E-state index is 6.30. The van der Waals surface area contributed by atoms with E-state index in [4.69, 9.17) is 10.5 Å². The van der Waals surface area contributed by atoms with Crippen molar-refractivity contribution in [3.05, 3.63) is 29.8 Å². The van der Waals surface area contributed by atoms with Crippen molar-refractivity contribution in [3.63, 3.8) is 0 Å². The molecule has 0 bridgehead atoms. The van der Waals surface area contributed by atoms with E-state index in [0.717, 1.165) is 44.5 Å². The normalized spacial score (nSPS) is 13.8. The van der Waals surface area contributed by atoms with Crippen molar-refractivity contribution in [3.8, 4) is 5.75 Å². The fraction of sp³-hybridized carbons (Fsp3) is 0.700. The summed E-state index contributed by atoms with van der Waals surface area (Å²) in [7, 11) is 0. The zero-order valence-corrected chi connectivity index (χ0v) is 14.9. The van der Waals surface area contributed by atoms with Gasteiger partial charge in [0, 0.05) is 5.54 Å². The number of ether oxygens (including phenoxy) is 1. The van der Waals surface area contributed by atoms with Crippen LogP contribution < -0.4 is 10.5 Å². The Bertz CT molecular complexity index is 383. The van der Waals surface area contributed by atoms with Crippen LogP contribution in [0.5, 0.6) is 5.75 Å². The standard InChI is InChI=1S/C20H35NO/c1-4-6-7-8-9-17-22-19-12-10-18(11-13-19)14-16-20(3,21)15-5-2/h10-13H,4-9,14-17,21H2,1-3H3/t20-/m0/s1. The molecule has 0 saturated heterocycles. The Kier molecular flexibility index (Phi) is 9.22. The molecular formula is C20H35NO. The minimum absolute atomic E-state index is 0.0393. The van der Waals surface area contributed by atoms with Crippen LogP contribution in [0, 0.1) is 0 Å². The molecule has 0 aliphatic carbocycles. The third kappa shape index (κ3) is 8.43. The lowest BCUT2D eigenvalue weighted by molar-refractivity contribution is 0.304. The molecule has 2 nitrogen and oxygen atoms in total. The summed E-state index contributed by atoms with van der Waals surface area (Å²) >= 11 is 0. The van der Waals surface area contributed by atoms with Crippen LogP contribution in [0.4, 0.5) is 0 Å².